The number of aromatic nitrogens is 2. The summed E-state index contributed by atoms with van der Waals surface area (Å²) >= 11 is 0. The fraction of sp³-hybridized carbons (Fsp3) is 0.333. The van der Waals surface area contributed by atoms with Gasteiger partial charge in [-0.05, 0) is 67.1 Å². The molecular formula is C24H24F3N3O3. The number of nitrogens with zero attached hydrogens (tertiary/aromatic N) is 2. The highest BCUT2D eigenvalue weighted by atomic mass is 19.4. The number of hydrogen-bond donors (Lipinski definition) is 1. The molecule has 0 saturated heterocycles. The topological polar surface area (TPSA) is 65.3 Å². The third-order valence-electron chi connectivity index (χ3n) is 5.72. The molecule has 1 aliphatic rings. The fourth-order valence-electron chi connectivity index (χ4n) is 4.08. The van der Waals surface area contributed by atoms with Gasteiger partial charge < -0.3 is 10.1 Å². The number of rotatable bonds is 4. The van der Waals surface area contributed by atoms with Crippen LogP contribution in [0.5, 0.6) is 5.88 Å². The zero-order valence-corrected chi connectivity index (χ0v) is 18.3. The van der Waals surface area contributed by atoms with Crippen LogP contribution in [-0.2, 0) is 19.3 Å². The van der Waals surface area contributed by atoms with E-state index in [0.29, 0.717) is 36.3 Å². The molecule has 0 aliphatic carbocycles. The Morgan fingerprint density at radius 3 is 2.45 bits per heavy atom. The zero-order valence-electron chi connectivity index (χ0n) is 18.3. The van der Waals surface area contributed by atoms with Crippen LogP contribution in [0.3, 0.4) is 0 Å². The number of carbonyl (C=O) groups excluding carboxylic acids is 1. The number of carbonyl (C=O) groups is 1. The molecule has 1 amide bonds. The number of hydrogen-bond acceptors (Lipinski definition) is 3. The summed E-state index contributed by atoms with van der Waals surface area (Å²) < 4.78 is 48.4. The van der Waals surface area contributed by atoms with Crippen molar-refractivity contribution < 1.29 is 22.7 Å². The molecule has 0 atom stereocenters. The fourth-order valence-corrected chi connectivity index (χ4v) is 4.08. The van der Waals surface area contributed by atoms with Gasteiger partial charge >= 0.3 is 12.3 Å². The van der Waals surface area contributed by atoms with E-state index in [1.165, 1.54) is 6.07 Å². The van der Waals surface area contributed by atoms with Crippen LogP contribution in [-0.4, -0.2) is 22.0 Å². The second-order valence-corrected chi connectivity index (χ2v) is 7.97. The van der Waals surface area contributed by atoms with Gasteiger partial charge in [0.1, 0.15) is 5.56 Å². The van der Waals surface area contributed by atoms with Crippen molar-refractivity contribution in [1.82, 2.24) is 14.7 Å². The predicted molar refractivity (Wildman–Crippen MR) is 118 cm³/mol. The lowest BCUT2D eigenvalue weighted by molar-refractivity contribution is -0.137. The van der Waals surface area contributed by atoms with Crippen molar-refractivity contribution in [3.05, 3.63) is 63.9 Å². The van der Waals surface area contributed by atoms with E-state index in [-0.39, 0.29) is 17.0 Å². The van der Waals surface area contributed by atoms with Gasteiger partial charge in [0.15, 0.2) is 0 Å². The number of benzene rings is 2. The van der Waals surface area contributed by atoms with E-state index >= 15 is 0 Å². The quantitative estimate of drug-likeness (QED) is 0.582. The van der Waals surface area contributed by atoms with Crippen molar-refractivity contribution in [1.29, 1.82) is 0 Å². The molecule has 0 fully saturated rings. The second kappa shape index (κ2) is 8.80. The van der Waals surface area contributed by atoms with Gasteiger partial charge in [-0.1, -0.05) is 24.3 Å². The van der Waals surface area contributed by atoms with Crippen LogP contribution in [0.1, 0.15) is 30.9 Å². The molecule has 9 heteroatoms. The first-order valence-corrected chi connectivity index (χ1v) is 10.8. The van der Waals surface area contributed by atoms with Crippen molar-refractivity contribution in [2.45, 2.75) is 46.0 Å². The molecule has 4 rings (SSSR count). The van der Waals surface area contributed by atoms with Gasteiger partial charge in [0.2, 0.25) is 5.88 Å². The highest BCUT2D eigenvalue weighted by Gasteiger charge is 2.31. The standard InChI is InChI=1S/C24H24F3N3O3/c1-3-28-23(32)33-22-20(21(31)29-11-4-5-12-30(22)29)19-14-17(10-9-15(19)2)16-7-6-8-18(13-16)24(25,26)27/h6-10,13-14H,3-5,11-12H2,1-2H3,(H,28,32). The van der Waals surface area contributed by atoms with E-state index in [0.717, 1.165) is 30.5 Å². The molecule has 1 aliphatic heterocycles. The number of nitrogens with one attached hydrogen (secondary N) is 1. The van der Waals surface area contributed by atoms with Gasteiger partial charge in [0, 0.05) is 19.6 Å². The summed E-state index contributed by atoms with van der Waals surface area (Å²) in [7, 11) is 0. The van der Waals surface area contributed by atoms with Gasteiger partial charge in [-0.2, -0.15) is 13.2 Å². The highest BCUT2D eigenvalue weighted by molar-refractivity contribution is 5.80. The molecule has 2 aromatic carbocycles. The number of ether oxygens (including phenoxy) is 1. The summed E-state index contributed by atoms with van der Waals surface area (Å²) in [4.78, 5) is 25.6. The van der Waals surface area contributed by atoms with Crippen molar-refractivity contribution in [2.24, 2.45) is 0 Å². The van der Waals surface area contributed by atoms with Crippen LogP contribution in [0.4, 0.5) is 18.0 Å². The van der Waals surface area contributed by atoms with Crippen LogP contribution in [0.25, 0.3) is 22.3 Å². The minimum atomic E-state index is -4.46. The average Bonchev–Trinajstić information content (AvgIpc) is 3.05. The Morgan fingerprint density at radius 1 is 1.06 bits per heavy atom. The van der Waals surface area contributed by atoms with Gasteiger partial charge in [-0.3, -0.25) is 9.48 Å². The van der Waals surface area contributed by atoms with E-state index in [4.69, 9.17) is 4.74 Å². The molecular weight excluding hydrogens is 435 g/mol. The van der Waals surface area contributed by atoms with E-state index in [1.54, 1.807) is 40.6 Å². The van der Waals surface area contributed by atoms with Gasteiger partial charge in [0.05, 0.1) is 5.56 Å². The molecule has 3 aromatic rings. The molecule has 0 unspecified atom stereocenters. The Balaban J connectivity index is 1.87. The van der Waals surface area contributed by atoms with E-state index in [1.807, 2.05) is 6.92 Å². The van der Waals surface area contributed by atoms with Crippen LogP contribution >= 0.6 is 0 Å². The number of alkyl halides is 3. The lowest BCUT2D eigenvalue weighted by Crippen LogP contribution is -2.29. The SMILES string of the molecule is CCNC(=O)Oc1c(-c2cc(-c3cccc(C(F)(F)F)c3)ccc2C)c(=O)n2n1CCCC2. The number of halogens is 3. The van der Waals surface area contributed by atoms with Crippen LogP contribution < -0.4 is 15.6 Å². The molecule has 174 valence electrons. The van der Waals surface area contributed by atoms with Crippen LogP contribution in [0.15, 0.2) is 47.3 Å². The van der Waals surface area contributed by atoms with Crippen LogP contribution in [0.2, 0.25) is 0 Å². The first kappa shape index (κ1) is 22.7. The van der Waals surface area contributed by atoms with Crippen molar-refractivity contribution >= 4 is 6.09 Å². The molecule has 1 N–H and O–H groups in total. The highest BCUT2D eigenvalue weighted by Crippen LogP contribution is 2.36. The normalized spacial score (nSPS) is 13.5. The molecule has 1 aromatic heterocycles. The summed E-state index contributed by atoms with van der Waals surface area (Å²) in [5.41, 5.74) is 1.35. The summed E-state index contributed by atoms with van der Waals surface area (Å²) in [6.07, 6.45) is -3.47. The Bertz CT molecular complexity index is 1260. The lowest BCUT2D eigenvalue weighted by atomic mass is 9.95. The Kier molecular flexibility index (Phi) is 6.05. The van der Waals surface area contributed by atoms with Gasteiger partial charge in [-0.15, -0.1) is 0 Å². The number of aryl methyl sites for hydroxylation is 1. The molecule has 0 saturated carbocycles. The maximum Gasteiger partial charge on any atom is 0.416 e. The molecule has 0 bridgehead atoms. The Labute approximate surface area is 188 Å². The molecule has 6 nitrogen and oxygen atoms in total. The minimum absolute atomic E-state index is 0.148. The van der Waals surface area contributed by atoms with Crippen LogP contribution in [0, 0.1) is 6.92 Å². The van der Waals surface area contributed by atoms with Crippen molar-refractivity contribution in [3.8, 4) is 28.1 Å². The summed E-state index contributed by atoms with van der Waals surface area (Å²) in [6.45, 7) is 4.95. The molecule has 2 heterocycles. The van der Waals surface area contributed by atoms with Gasteiger partial charge in [-0.25, -0.2) is 9.48 Å². The van der Waals surface area contributed by atoms with E-state index in [9.17, 15) is 22.8 Å². The van der Waals surface area contributed by atoms with Crippen molar-refractivity contribution in [3.63, 3.8) is 0 Å². The first-order valence-electron chi connectivity index (χ1n) is 10.8. The van der Waals surface area contributed by atoms with Gasteiger partial charge in [0.25, 0.3) is 5.56 Å². The molecule has 33 heavy (non-hydrogen) atoms. The summed E-state index contributed by atoms with van der Waals surface area (Å²) in [6, 6.07) is 10.2. The third-order valence-corrected chi connectivity index (χ3v) is 5.72. The Morgan fingerprint density at radius 2 is 1.76 bits per heavy atom. The van der Waals surface area contributed by atoms with E-state index < -0.39 is 17.8 Å². The number of fused-ring (bicyclic) bond motifs is 1. The maximum absolute atomic E-state index is 13.3. The zero-order chi connectivity index (χ0) is 23.8. The summed E-state index contributed by atoms with van der Waals surface area (Å²) in [5.74, 6) is 0.148. The Hall–Kier alpha value is -3.49. The molecule has 0 radical (unpaired) electrons. The van der Waals surface area contributed by atoms with E-state index in [2.05, 4.69) is 5.32 Å². The minimum Gasteiger partial charge on any atom is -0.391 e. The maximum atomic E-state index is 13.3. The summed E-state index contributed by atoms with van der Waals surface area (Å²) in [5, 5.41) is 2.57. The average molecular weight is 459 g/mol. The first-order chi connectivity index (χ1) is 15.7. The lowest BCUT2D eigenvalue weighted by Gasteiger charge is -2.19. The largest absolute Gasteiger partial charge is 0.416 e. The van der Waals surface area contributed by atoms with Crippen molar-refractivity contribution in [2.75, 3.05) is 6.54 Å². The number of amides is 1. The smallest absolute Gasteiger partial charge is 0.391 e. The third kappa shape index (κ3) is 4.40. The predicted octanol–water partition coefficient (Wildman–Crippen LogP) is 5.21. The monoisotopic (exact) mass is 459 g/mol. The second-order valence-electron chi connectivity index (χ2n) is 7.97. The molecule has 0 spiro atoms.